The van der Waals surface area contributed by atoms with Crippen LogP contribution in [0.15, 0.2) is 0 Å². The minimum atomic E-state index is -0.688. The summed E-state index contributed by atoms with van der Waals surface area (Å²) in [7, 11) is 4.16. The first kappa shape index (κ1) is 15.4. The standard InChI is InChI=1S/C13H27N3O2/c1-11(2)12(13(17)18)16-9-7-15(8-10-16)6-5-14(3)4/h11-12H,5-10H2,1-4H3,(H,17,18). The third-order valence-corrected chi connectivity index (χ3v) is 3.55. The second-order valence-corrected chi connectivity index (χ2v) is 5.71. The van der Waals surface area contributed by atoms with Gasteiger partial charge in [0.15, 0.2) is 0 Å². The highest BCUT2D eigenvalue weighted by atomic mass is 16.4. The van der Waals surface area contributed by atoms with Gasteiger partial charge in [0.25, 0.3) is 0 Å². The minimum absolute atomic E-state index is 0.163. The lowest BCUT2D eigenvalue weighted by atomic mass is 10.0. The lowest BCUT2D eigenvalue weighted by molar-refractivity contribution is -0.146. The Morgan fingerprint density at radius 1 is 1.22 bits per heavy atom. The molecule has 106 valence electrons. The first-order chi connectivity index (χ1) is 8.41. The zero-order valence-electron chi connectivity index (χ0n) is 12.1. The van der Waals surface area contributed by atoms with Crippen molar-refractivity contribution in [2.45, 2.75) is 19.9 Å². The number of carbonyl (C=O) groups is 1. The first-order valence-corrected chi connectivity index (χ1v) is 6.75. The molecule has 0 aromatic rings. The van der Waals surface area contributed by atoms with E-state index in [4.69, 9.17) is 0 Å². The zero-order valence-corrected chi connectivity index (χ0v) is 12.1. The average Bonchev–Trinajstić information content (AvgIpc) is 2.27. The van der Waals surface area contributed by atoms with Crippen molar-refractivity contribution in [3.05, 3.63) is 0 Å². The molecule has 0 bridgehead atoms. The van der Waals surface area contributed by atoms with Crippen LogP contribution in [0.4, 0.5) is 0 Å². The third-order valence-electron chi connectivity index (χ3n) is 3.55. The summed E-state index contributed by atoms with van der Waals surface area (Å²) >= 11 is 0. The molecule has 1 fully saturated rings. The van der Waals surface area contributed by atoms with Crippen molar-refractivity contribution in [1.29, 1.82) is 0 Å². The maximum atomic E-state index is 11.3. The van der Waals surface area contributed by atoms with E-state index < -0.39 is 5.97 Å². The number of carboxylic acids is 1. The van der Waals surface area contributed by atoms with Gasteiger partial charge in [-0.15, -0.1) is 0 Å². The monoisotopic (exact) mass is 257 g/mol. The fourth-order valence-corrected chi connectivity index (χ4v) is 2.47. The second kappa shape index (κ2) is 7.07. The summed E-state index contributed by atoms with van der Waals surface area (Å²) in [5.74, 6) is -0.525. The Morgan fingerprint density at radius 3 is 2.17 bits per heavy atom. The number of carboxylic acid groups (broad SMARTS) is 1. The van der Waals surface area contributed by atoms with Gasteiger partial charge in [-0.05, 0) is 20.0 Å². The van der Waals surface area contributed by atoms with E-state index in [1.807, 2.05) is 13.8 Å². The lowest BCUT2D eigenvalue weighted by Gasteiger charge is -2.39. The number of rotatable bonds is 6. The van der Waals surface area contributed by atoms with E-state index in [0.29, 0.717) is 0 Å². The molecular formula is C13H27N3O2. The summed E-state index contributed by atoms with van der Waals surface area (Å²) < 4.78 is 0. The lowest BCUT2D eigenvalue weighted by Crippen LogP contribution is -2.55. The number of hydrogen-bond donors (Lipinski definition) is 1. The van der Waals surface area contributed by atoms with Gasteiger partial charge in [0, 0.05) is 39.3 Å². The van der Waals surface area contributed by atoms with E-state index in [9.17, 15) is 9.90 Å². The molecular weight excluding hydrogens is 230 g/mol. The van der Waals surface area contributed by atoms with Crippen molar-refractivity contribution in [1.82, 2.24) is 14.7 Å². The van der Waals surface area contributed by atoms with Gasteiger partial charge in [0.2, 0.25) is 0 Å². The van der Waals surface area contributed by atoms with Crippen molar-refractivity contribution in [2.24, 2.45) is 5.92 Å². The van der Waals surface area contributed by atoms with Crippen LogP contribution in [0.2, 0.25) is 0 Å². The molecule has 0 aromatic heterocycles. The summed E-state index contributed by atoms with van der Waals surface area (Å²) in [6, 6.07) is -0.332. The van der Waals surface area contributed by atoms with E-state index in [1.54, 1.807) is 0 Å². The van der Waals surface area contributed by atoms with Crippen LogP contribution in [0.5, 0.6) is 0 Å². The Morgan fingerprint density at radius 2 is 1.78 bits per heavy atom. The van der Waals surface area contributed by atoms with Crippen LogP contribution in [0.25, 0.3) is 0 Å². The van der Waals surface area contributed by atoms with Crippen LogP contribution in [-0.2, 0) is 4.79 Å². The summed E-state index contributed by atoms with van der Waals surface area (Å²) in [4.78, 5) is 18.0. The molecule has 1 saturated heterocycles. The van der Waals surface area contributed by atoms with Crippen LogP contribution >= 0.6 is 0 Å². The van der Waals surface area contributed by atoms with Gasteiger partial charge in [-0.3, -0.25) is 14.6 Å². The molecule has 18 heavy (non-hydrogen) atoms. The molecule has 1 unspecified atom stereocenters. The Kier molecular flexibility index (Phi) is 6.05. The van der Waals surface area contributed by atoms with Crippen LogP contribution in [-0.4, -0.2) is 85.2 Å². The molecule has 1 aliphatic rings. The van der Waals surface area contributed by atoms with Gasteiger partial charge >= 0.3 is 5.97 Å². The Hall–Kier alpha value is -0.650. The molecule has 1 rings (SSSR count). The number of piperazine rings is 1. The van der Waals surface area contributed by atoms with Gasteiger partial charge < -0.3 is 10.0 Å². The highest BCUT2D eigenvalue weighted by Gasteiger charge is 2.30. The quantitative estimate of drug-likeness (QED) is 0.740. The highest BCUT2D eigenvalue weighted by Crippen LogP contribution is 2.14. The molecule has 0 aliphatic carbocycles. The molecule has 0 spiro atoms. The molecule has 1 aliphatic heterocycles. The Labute approximate surface area is 110 Å². The van der Waals surface area contributed by atoms with Crippen molar-refractivity contribution in [2.75, 3.05) is 53.4 Å². The minimum Gasteiger partial charge on any atom is -0.480 e. The third kappa shape index (κ3) is 4.55. The maximum Gasteiger partial charge on any atom is 0.321 e. The van der Waals surface area contributed by atoms with Gasteiger partial charge in [-0.2, -0.15) is 0 Å². The molecule has 1 N–H and O–H groups in total. The van der Waals surface area contributed by atoms with Crippen LogP contribution in [0.3, 0.4) is 0 Å². The number of nitrogens with zero attached hydrogens (tertiary/aromatic N) is 3. The number of hydrogen-bond acceptors (Lipinski definition) is 4. The van der Waals surface area contributed by atoms with E-state index in [0.717, 1.165) is 39.3 Å². The molecule has 5 heteroatoms. The van der Waals surface area contributed by atoms with Crippen molar-refractivity contribution < 1.29 is 9.90 Å². The SMILES string of the molecule is CC(C)C(C(=O)O)N1CCN(CCN(C)C)CC1. The summed E-state index contributed by atoms with van der Waals surface area (Å²) in [5, 5.41) is 9.28. The van der Waals surface area contributed by atoms with E-state index in [-0.39, 0.29) is 12.0 Å². The van der Waals surface area contributed by atoms with E-state index in [1.165, 1.54) is 0 Å². The second-order valence-electron chi connectivity index (χ2n) is 5.71. The molecule has 5 nitrogen and oxygen atoms in total. The Balaban J connectivity index is 2.40. The predicted molar refractivity (Wildman–Crippen MR) is 72.8 cm³/mol. The van der Waals surface area contributed by atoms with Crippen molar-refractivity contribution >= 4 is 5.97 Å². The van der Waals surface area contributed by atoms with Gasteiger partial charge in [0.1, 0.15) is 6.04 Å². The van der Waals surface area contributed by atoms with Crippen molar-refractivity contribution in [3.8, 4) is 0 Å². The van der Waals surface area contributed by atoms with Gasteiger partial charge in [-0.1, -0.05) is 13.8 Å². The number of likely N-dealkylation sites (N-methyl/N-ethyl adjacent to an activating group) is 1. The number of aliphatic carboxylic acids is 1. The van der Waals surface area contributed by atoms with Gasteiger partial charge in [-0.25, -0.2) is 0 Å². The van der Waals surface area contributed by atoms with E-state index in [2.05, 4.69) is 28.8 Å². The first-order valence-electron chi connectivity index (χ1n) is 6.75. The van der Waals surface area contributed by atoms with E-state index >= 15 is 0 Å². The summed E-state index contributed by atoms with van der Waals surface area (Å²) in [6.07, 6.45) is 0. The molecule has 0 amide bonds. The smallest absolute Gasteiger partial charge is 0.321 e. The average molecular weight is 257 g/mol. The highest BCUT2D eigenvalue weighted by molar-refractivity contribution is 5.73. The predicted octanol–water partition coefficient (Wildman–Crippen LogP) is 0.275. The summed E-state index contributed by atoms with van der Waals surface area (Å²) in [5.41, 5.74) is 0. The molecule has 1 heterocycles. The maximum absolute atomic E-state index is 11.3. The van der Waals surface area contributed by atoms with Crippen LogP contribution < -0.4 is 0 Å². The molecule has 0 saturated carbocycles. The van der Waals surface area contributed by atoms with Gasteiger partial charge in [0.05, 0.1) is 0 Å². The Bertz CT molecular complexity index is 261. The van der Waals surface area contributed by atoms with Crippen LogP contribution in [0, 0.1) is 5.92 Å². The summed E-state index contributed by atoms with van der Waals surface area (Å²) in [6.45, 7) is 9.78. The largest absolute Gasteiger partial charge is 0.480 e. The molecule has 0 aromatic carbocycles. The van der Waals surface area contributed by atoms with Crippen LogP contribution in [0.1, 0.15) is 13.8 Å². The molecule has 0 radical (unpaired) electrons. The van der Waals surface area contributed by atoms with Crippen molar-refractivity contribution in [3.63, 3.8) is 0 Å². The topological polar surface area (TPSA) is 47.0 Å². The zero-order chi connectivity index (χ0) is 13.7. The fourth-order valence-electron chi connectivity index (χ4n) is 2.47. The fraction of sp³-hybridized carbons (Fsp3) is 0.923. The molecule has 1 atom stereocenters. The normalized spacial score (nSPS) is 20.6.